The molecule has 2 N–H and O–H groups in total. The molecule has 92 valence electrons. The van der Waals surface area contributed by atoms with E-state index in [4.69, 9.17) is 10.5 Å². The standard InChI is InChI=1S/C11H16N4O2/c1-15(2)11(16)9-3-4-10(14-13-9)17-8-5-7(12)6-8/h3-4,7-8H,5-6,12H2,1-2H3. The number of aromatic nitrogens is 2. The molecule has 0 spiro atoms. The number of nitrogens with zero attached hydrogens (tertiary/aromatic N) is 3. The number of hydrogen-bond acceptors (Lipinski definition) is 5. The quantitative estimate of drug-likeness (QED) is 0.801. The Kier molecular flexibility index (Phi) is 3.23. The Morgan fingerprint density at radius 1 is 1.41 bits per heavy atom. The van der Waals surface area contributed by atoms with E-state index in [9.17, 15) is 4.79 Å². The second-order valence-corrected chi connectivity index (χ2v) is 4.43. The Hall–Kier alpha value is -1.69. The first-order valence-electron chi connectivity index (χ1n) is 5.54. The van der Waals surface area contributed by atoms with Gasteiger partial charge >= 0.3 is 0 Å². The molecule has 0 saturated heterocycles. The fraction of sp³-hybridized carbons (Fsp3) is 0.545. The maximum Gasteiger partial charge on any atom is 0.273 e. The zero-order valence-corrected chi connectivity index (χ0v) is 9.96. The summed E-state index contributed by atoms with van der Waals surface area (Å²) in [4.78, 5) is 13.0. The van der Waals surface area contributed by atoms with E-state index in [1.54, 1.807) is 26.2 Å². The lowest BCUT2D eigenvalue weighted by atomic mass is 9.90. The predicted octanol–water partition coefficient (Wildman–Crippen LogP) is 0.0469. The minimum atomic E-state index is -0.172. The van der Waals surface area contributed by atoms with Gasteiger partial charge in [0, 0.05) is 26.2 Å². The number of hydrogen-bond donors (Lipinski definition) is 1. The first-order valence-corrected chi connectivity index (χ1v) is 5.54. The summed E-state index contributed by atoms with van der Waals surface area (Å²) < 4.78 is 5.54. The van der Waals surface area contributed by atoms with Gasteiger partial charge in [-0.15, -0.1) is 10.2 Å². The molecule has 1 aromatic heterocycles. The van der Waals surface area contributed by atoms with Crippen molar-refractivity contribution >= 4 is 5.91 Å². The van der Waals surface area contributed by atoms with Gasteiger partial charge in [0.15, 0.2) is 5.69 Å². The van der Waals surface area contributed by atoms with E-state index in [1.807, 2.05) is 0 Å². The third kappa shape index (κ3) is 2.71. The Morgan fingerprint density at radius 3 is 2.59 bits per heavy atom. The molecule has 1 aliphatic rings. The Bertz CT molecular complexity index is 398. The highest BCUT2D eigenvalue weighted by Crippen LogP contribution is 2.22. The van der Waals surface area contributed by atoms with Crippen molar-refractivity contribution in [2.24, 2.45) is 5.73 Å². The van der Waals surface area contributed by atoms with Crippen LogP contribution in [0.15, 0.2) is 12.1 Å². The van der Waals surface area contributed by atoms with Crippen molar-refractivity contribution in [2.75, 3.05) is 14.1 Å². The van der Waals surface area contributed by atoms with Crippen LogP contribution in [0.25, 0.3) is 0 Å². The molecule has 0 bridgehead atoms. The van der Waals surface area contributed by atoms with Gasteiger partial charge in [-0.05, 0) is 18.9 Å². The van der Waals surface area contributed by atoms with Gasteiger partial charge in [0.25, 0.3) is 5.91 Å². The molecule has 6 nitrogen and oxygen atoms in total. The van der Waals surface area contributed by atoms with Gasteiger partial charge in [0.05, 0.1) is 0 Å². The third-order valence-electron chi connectivity index (χ3n) is 2.68. The first kappa shape index (κ1) is 11.8. The minimum Gasteiger partial charge on any atom is -0.473 e. The molecule has 0 aliphatic heterocycles. The van der Waals surface area contributed by atoms with Crippen LogP contribution in [-0.4, -0.2) is 47.2 Å². The van der Waals surface area contributed by atoms with E-state index in [-0.39, 0.29) is 18.1 Å². The molecule has 2 rings (SSSR count). The SMILES string of the molecule is CN(C)C(=O)c1ccc(OC2CC(N)C2)nn1. The van der Waals surface area contributed by atoms with Gasteiger partial charge < -0.3 is 15.4 Å². The van der Waals surface area contributed by atoms with Crippen LogP contribution >= 0.6 is 0 Å². The smallest absolute Gasteiger partial charge is 0.273 e. The highest BCUT2D eigenvalue weighted by molar-refractivity contribution is 5.91. The predicted molar refractivity (Wildman–Crippen MR) is 61.7 cm³/mol. The lowest BCUT2D eigenvalue weighted by Crippen LogP contribution is -2.43. The molecule has 0 radical (unpaired) electrons. The van der Waals surface area contributed by atoms with E-state index in [2.05, 4.69) is 10.2 Å². The van der Waals surface area contributed by atoms with Crippen LogP contribution in [0.5, 0.6) is 5.88 Å². The lowest BCUT2D eigenvalue weighted by Gasteiger charge is -2.31. The zero-order valence-electron chi connectivity index (χ0n) is 9.96. The van der Waals surface area contributed by atoms with Gasteiger partial charge in [-0.1, -0.05) is 0 Å². The van der Waals surface area contributed by atoms with Crippen LogP contribution in [0.2, 0.25) is 0 Å². The van der Waals surface area contributed by atoms with Gasteiger partial charge in [-0.3, -0.25) is 4.79 Å². The number of ether oxygens (including phenoxy) is 1. The number of amides is 1. The summed E-state index contributed by atoms with van der Waals surface area (Å²) in [7, 11) is 3.34. The van der Waals surface area contributed by atoms with Crippen molar-refractivity contribution in [3.05, 3.63) is 17.8 Å². The third-order valence-corrected chi connectivity index (χ3v) is 2.68. The topological polar surface area (TPSA) is 81.3 Å². The minimum absolute atomic E-state index is 0.134. The van der Waals surface area contributed by atoms with Gasteiger partial charge in [0.2, 0.25) is 5.88 Å². The van der Waals surface area contributed by atoms with Gasteiger partial charge in [-0.2, -0.15) is 0 Å². The monoisotopic (exact) mass is 236 g/mol. The maximum atomic E-state index is 11.6. The second-order valence-electron chi connectivity index (χ2n) is 4.43. The second kappa shape index (κ2) is 4.67. The fourth-order valence-electron chi connectivity index (χ4n) is 1.60. The number of carbonyl (C=O) groups is 1. The summed E-state index contributed by atoms with van der Waals surface area (Å²) in [6, 6.07) is 3.51. The molecule has 17 heavy (non-hydrogen) atoms. The normalized spacial score (nSPS) is 22.8. The Morgan fingerprint density at radius 2 is 2.12 bits per heavy atom. The first-order chi connectivity index (χ1) is 8.06. The average molecular weight is 236 g/mol. The summed E-state index contributed by atoms with van der Waals surface area (Å²) in [6.45, 7) is 0. The molecular weight excluding hydrogens is 220 g/mol. The zero-order chi connectivity index (χ0) is 12.4. The van der Waals surface area contributed by atoms with E-state index < -0.39 is 0 Å². The van der Waals surface area contributed by atoms with Crippen LogP contribution in [0.4, 0.5) is 0 Å². The summed E-state index contributed by atoms with van der Waals surface area (Å²) in [6.07, 6.45) is 1.83. The molecular formula is C11H16N4O2. The number of rotatable bonds is 3. The molecule has 1 saturated carbocycles. The van der Waals surface area contributed by atoms with Crippen LogP contribution in [0.1, 0.15) is 23.3 Å². The number of carbonyl (C=O) groups excluding carboxylic acids is 1. The van der Waals surface area contributed by atoms with Gasteiger partial charge in [0.1, 0.15) is 6.10 Å². The average Bonchev–Trinajstić information content (AvgIpc) is 2.27. The molecule has 0 aromatic carbocycles. The Balaban J connectivity index is 1.96. The molecule has 1 fully saturated rings. The van der Waals surface area contributed by atoms with Crippen LogP contribution in [0.3, 0.4) is 0 Å². The molecule has 1 amide bonds. The summed E-state index contributed by atoms with van der Waals surface area (Å²) >= 11 is 0. The summed E-state index contributed by atoms with van der Waals surface area (Å²) in [5.41, 5.74) is 5.97. The van der Waals surface area contributed by atoms with Crippen molar-refractivity contribution in [3.63, 3.8) is 0 Å². The fourth-order valence-corrected chi connectivity index (χ4v) is 1.60. The summed E-state index contributed by atoms with van der Waals surface area (Å²) in [5.74, 6) is 0.270. The highest BCUT2D eigenvalue weighted by Gasteiger charge is 2.28. The maximum absolute atomic E-state index is 11.6. The van der Waals surface area contributed by atoms with E-state index >= 15 is 0 Å². The lowest BCUT2D eigenvalue weighted by molar-refractivity contribution is 0.0817. The molecule has 1 aromatic rings. The van der Waals surface area contributed by atoms with Crippen molar-refractivity contribution in [2.45, 2.75) is 25.0 Å². The van der Waals surface area contributed by atoms with Crippen molar-refractivity contribution in [3.8, 4) is 5.88 Å². The van der Waals surface area contributed by atoms with Crippen LogP contribution in [0, 0.1) is 0 Å². The number of nitrogens with two attached hydrogens (primary N) is 1. The highest BCUT2D eigenvalue weighted by atomic mass is 16.5. The van der Waals surface area contributed by atoms with E-state index in [0.29, 0.717) is 11.6 Å². The van der Waals surface area contributed by atoms with Crippen LogP contribution < -0.4 is 10.5 Å². The largest absolute Gasteiger partial charge is 0.473 e. The molecule has 1 heterocycles. The summed E-state index contributed by atoms with van der Waals surface area (Å²) in [5, 5.41) is 7.70. The van der Waals surface area contributed by atoms with E-state index in [0.717, 1.165) is 12.8 Å². The van der Waals surface area contributed by atoms with Crippen molar-refractivity contribution in [1.82, 2.24) is 15.1 Å². The van der Waals surface area contributed by atoms with Crippen molar-refractivity contribution in [1.29, 1.82) is 0 Å². The van der Waals surface area contributed by atoms with Crippen molar-refractivity contribution < 1.29 is 9.53 Å². The molecule has 6 heteroatoms. The molecule has 1 aliphatic carbocycles. The van der Waals surface area contributed by atoms with E-state index in [1.165, 1.54) is 4.90 Å². The Labute approximate surface area is 99.8 Å². The van der Waals surface area contributed by atoms with Crippen LogP contribution in [-0.2, 0) is 0 Å². The van der Waals surface area contributed by atoms with Gasteiger partial charge in [-0.25, -0.2) is 0 Å². The molecule has 0 atom stereocenters. The molecule has 0 unspecified atom stereocenters.